The molecule has 1 N–H and O–H groups in total. The predicted molar refractivity (Wildman–Crippen MR) is 67.4 cm³/mol. The number of carbonyl (C=O) groups excluding carboxylic acids is 1. The van der Waals surface area contributed by atoms with E-state index in [1.54, 1.807) is 11.4 Å². The molecule has 18 heavy (non-hydrogen) atoms. The van der Waals surface area contributed by atoms with Crippen LogP contribution in [-0.4, -0.2) is 20.5 Å². The van der Waals surface area contributed by atoms with E-state index in [1.165, 1.54) is 23.5 Å². The van der Waals surface area contributed by atoms with Crippen LogP contribution in [0, 0.1) is 5.82 Å². The maximum Gasteiger partial charge on any atom is 0.278 e. The average molecular weight is 280 g/mol. The Morgan fingerprint density at radius 3 is 3.06 bits per heavy atom. The van der Waals surface area contributed by atoms with Crippen molar-refractivity contribution >= 4 is 44.1 Å². The molecule has 5 nitrogen and oxygen atoms in total. The molecule has 0 fully saturated rings. The minimum atomic E-state index is -0.372. The zero-order valence-corrected chi connectivity index (χ0v) is 10.4. The van der Waals surface area contributed by atoms with Crippen molar-refractivity contribution in [2.24, 2.45) is 0 Å². The molecule has 0 unspecified atom stereocenters. The van der Waals surface area contributed by atoms with Crippen LogP contribution in [0.3, 0.4) is 0 Å². The van der Waals surface area contributed by atoms with Crippen molar-refractivity contribution in [2.75, 3.05) is 5.32 Å². The first kappa shape index (κ1) is 11.2. The lowest BCUT2D eigenvalue weighted by molar-refractivity contribution is 0.102. The quantitative estimate of drug-likeness (QED) is 0.783. The third-order valence-corrected chi connectivity index (χ3v) is 3.60. The van der Waals surface area contributed by atoms with Gasteiger partial charge in [0.2, 0.25) is 0 Å². The first-order valence-corrected chi connectivity index (χ1v) is 6.52. The highest BCUT2D eigenvalue weighted by molar-refractivity contribution is 7.22. The fraction of sp³-hybridized carbons (Fsp3) is 0. The van der Waals surface area contributed by atoms with Crippen molar-refractivity contribution in [2.45, 2.75) is 0 Å². The summed E-state index contributed by atoms with van der Waals surface area (Å²) in [6, 6.07) is 4.28. The molecule has 0 aliphatic rings. The van der Waals surface area contributed by atoms with Crippen LogP contribution in [0.4, 0.5) is 9.52 Å². The lowest BCUT2D eigenvalue weighted by Gasteiger charge is -1.95. The zero-order valence-electron chi connectivity index (χ0n) is 8.75. The molecule has 3 rings (SSSR count). The van der Waals surface area contributed by atoms with Gasteiger partial charge in [-0.25, -0.2) is 9.37 Å². The summed E-state index contributed by atoms with van der Waals surface area (Å²) in [6.07, 6.45) is 0. The second-order valence-electron chi connectivity index (χ2n) is 3.38. The van der Waals surface area contributed by atoms with Gasteiger partial charge in [-0.3, -0.25) is 10.1 Å². The van der Waals surface area contributed by atoms with Gasteiger partial charge < -0.3 is 0 Å². The van der Waals surface area contributed by atoms with Crippen LogP contribution in [0.15, 0.2) is 23.6 Å². The summed E-state index contributed by atoms with van der Waals surface area (Å²) in [7, 11) is 0. The van der Waals surface area contributed by atoms with Gasteiger partial charge in [0.25, 0.3) is 5.91 Å². The Kier molecular flexibility index (Phi) is 2.73. The molecule has 0 spiro atoms. The van der Waals surface area contributed by atoms with E-state index in [1.807, 2.05) is 0 Å². The van der Waals surface area contributed by atoms with Crippen molar-refractivity contribution in [3.63, 3.8) is 0 Å². The van der Waals surface area contributed by atoms with E-state index < -0.39 is 0 Å². The number of rotatable bonds is 2. The molecule has 0 bridgehead atoms. The Hall–Kier alpha value is -1.93. The fourth-order valence-corrected chi connectivity index (χ4v) is 2.70. The van der Waals surface area contributed by atoms with Gasteiger partial charge in [0, 0.05) is 5.38 Å². The molecular formula is C10H5FN4OS2. The van der Waals surface area contributed by atoms with Crippen molar-refractivity contribution < 1.29 is 9.18 Å². The maximum atomic E-state index is 13.0. The van der Waals surface area contributed by atoms with Crippen LogP contribution in [-0.2, 0) is 0 Å². The van der Waals surface area contributed by atoms with Crippen LogP contribution in [0.2, 0.25) is 0 Å². The Morgan fingerprint density at radius 1 is 1.39 bits per heavy atom. The number of fused-ring (bicyclic) bond motifs is 1. The monoisotopic (exact) mass is 280 g/mol. The summed E-state index contributed by atoms with van der Waals surface area (Å²) >= 11 is 2.31. The smallest absolute Gasteiger partial charge is 0.278 e. The number of aromatic nitrogens is 3. The molecule has 0 aliphatic carbocycles. The number of carbonyl (C=O) groups is 1. The van der Waals surface area contributed by atoms with Crippen molar-refractivity contribution in [1.82, 2.24) is 14.6 Å². The Balaban J connectivity index is 1.89. The van der Waals surface area contributed by atoms with Crippen LogP contribution in [0.1, 0.15) is 10.5 Å². The van der Waals surface area contributed by atoms with Crippen LogP contribution in [0.5, 0.6) is 0 Å². The third kappa shape index (κ3) is 2.07. The molecule has 90 valence electrons. The maximum absolute atomic E-state index is 13.0. The van der Waals surface area contributed by atoms with E-state index in [9.17, 15) is 9.18 Å². The minimum absolute atomic E-state index is 0.241. The summed E-state index contributed by atoms with van der Waals surface area (Å²) < 4.78 is 17.3. The van der Waals surface area contributed by atoms with E-state index in [0.29, 0.717) is 15.3 Å². The number of amides is 1. The molecule has 0 radical (unpaired) electrons. The summed E-state index contributed by atoms with van der Waals surface area (Å²) in [6.45, 7) is 0. The molecule has 2 aromatic heterocycles. The molecule has 3 aromatic rings. The second kappa shape index (κ2) is 4.39. The molecule has 0 aliphatic heterocycles. The first-order chi connectivity index (χ1) is 8.72. The van der Waals surface area contributed by atoms with Gasteiger partial charge in [-0.2, -0.15) is 0 Å². The summed E-state index contributed by atoms with van der Waals surface area (Å²) in [5.41, 5.74) is 0.888. The Labute approximate surface area is 108 Å². The summed E-state index contributed by atoms with van der Waals surface area (Å²) in [5, 5.41) is 8.21. The number of anilines is 1. The number of benzene rings is 1. The number of hydrogen-bond acceptors (Lipinski definition) is 6. The normalized spacial score (nSPS) is 10.7. The number of hydrogen-bond donors (Lipinski definition) is 1. The van der Waals surface area contributed by atoms with Crippen molar-refractivity contribution in [1.29, 1.82) is 0 Å². The number of thiazole rings is 1. The standard InChI is InChI=1S/C10H5FN4OS2/c11-5-1-2-6-8(3-5)18-10(12-6)13-9(16)7-4-17-15-14-7/h1-4H,(H,12,13,16). The van der Waals surface area contributed by atoms with Gasteiger partial charge in [0.15, 0.2) is 10.8 Å². The number of nitrogens with zero attached hydrogens (tertiary/aromatic N) is 3. The zero-order chi connectivity index (χ0) is 12.5. The fourth-order valence-electron chi connectivity index (χ4n) is 1.38. The topological polar surface area (TPSA) is 67.8 Å². The molecule has 1 amide bonds. The van der Waals surface area contributed by atoms with Gasteiger partial charge in [0.05, 0.1) is 10.2 Å². The summed E-state index contributed by atoms with van der Waals surface area (Å²) in [4.78, 5) is 15.9. The van der Waals surface area contributed by atoms with Crippen molar-refractivity contribution in [3.05, 3.63) is 35.1 Å². The predicted octanol–water partition coefficient (Wildman–Crippen LogP) is 2.54. The minimum Gasteiger partial charge on any atom is -0.296 e. The largest absolute Gasteiger partial charge is 0.296 e. The summed E-state index contributed by atoms with van der Waals surface area (Å²) in [5.74, 6) is -0.698. The van der Waals surface area contributed by atoms with Gasteiger partial charge in [-0.15, -0.1) is 5.10 Å². The van der Waals surface area contributed by atoms with Crippen molar-refractivity contribution in [3.8, 4) is 0 Å². The highest BCUT2D eigenvalue weighted by Crippen LogP contribution is 2.26. The third-order valence-electron chi connectivity index (χ3n) is 2.16. The molecule has 2 heterocycles. The number of nitrogens with one attached hydrogen (secondary N) is 1. The van der Waals surface area contributed by atoms with E-state index in [0.717, 1.165) is 11.5 Å². The van der Waals surface area contributed by atoms with Gasteiger partial charge in [-0.1, -0.05) is 15.8 Å². The van der Waals surface area contributed by atoms with Crippen LogP contribution in [0.25, 0.3) is 10.2 Å². The second-order valence-corrected chi connectivity index (χ2v) is 5.02. The number of halogens is 1. The first-order valence-electron chi connectivity index (χ1n) is 4.87. The SMILES string of the molecule is O=C(Nc1nc2ccc(F)cc2s1)c1csnn1. The van der Waals surface area contributed by atoms with Crippen LogP contribution < -0.4 is 5.32 Å². The van der Waals surface area contributed by atoms with E-state index in [2.05, 4.69) is 19.9 Å². The van der Waals surface area contributed by atoms with E-state index in [4.69, 9.17) is 0 Å². The van der Waals surface area contributed by atoms with E-state index >= 15 is 0 Å². The Bertz CT molecular complexity index is 710. The molecule has 8 heteroatoms. The lowest BCUT2D eigenvalue weighted by Crippen LogP contribution is -2.11. The Morgan fingerprint density at radius 2 is 2.28 bits per heavy atom. The molecule has 1 aromatic carbocycles. The molecule has 0 saturated carbocycles. The molecular weight excluding hydrogens is 275 g/mol. The van der Waals surface area contributed by atoms with Gasteiger partial charge in [-0.05, 0) is 29.7 Å². The highest BCUT2D eigenvalue weighted by atomic mass is 32.1. The van der Waals surface area contributed by atoms with Crippen LogP contribution >= 0.6 is 22.9 Å². The van der Waals surface area contributed by atoms with Gasteiger partial charge in [0.1, 0.15) is 5.82 Å². The highest BCUT2D eigenvalue weighted by Gasteiger charge is 2.12. The van der Waals surface area contributed by atoms with Gasteiger partial charge >= 0.3 is 0 Å². The average Bonchev–Trinajstić information content (AvgIpc) is 2.95. The van der Waals surface area contributed by atoms with E-state index in [-0.39, 0.29) is 17.4 Å². The lowest BCUT2D eigenvalue weighted by atomic mass is 10.3. The molecule has 0 atom stereocenters. The molecule has 0 saturated heterocycles.